The quantitative estimate of drug-likeness (QED) is 0.737. The van der Waals surface area contributed by atoms with Crippen molar-refractivity contribution in [1.82, 2.24) is 15.2 Å². The van der Waals surface area contributed by atoms with Crippen LogP contribution >= 0.6 is 23.4 Å². The lowest BCUT2D eigenvalue weighted by atomic mass is 9.97. The molecule has 0 bridgehead atoms. The molecule has 1 aromatic heterocycles. The standard InChI is InChI=1S/C22H24ClFN4OS/c1-15-20(13-28-8-10-29-11-9-28)26-22(30-14-17-4-2-3-7-25-17)27-21(15)18-6-5-16(24)12-19(18)23/h2-7,12,21H,8-11,13-14H2,1H3,(H,26,27). The molecule has 0 aliphatic carbocycles. The number of aliphatic imine (C=N–C) groups is 1. The van der Waals surface area contributed by atoms with E-state index in [1.54, 1.807) is 24.0 Å². The summed E-state index contributed by atoms with van der Waals surface area (Å²) in [6.45, 7) is 6.14. The Hall–Kier alpha value is -1.93. The van der Waals surface area contributed by atoms with Crippen molar-refractivity contribution < 1.29 is 9.13 Å². The maximum absolute atomic E-state index is 13.6. The minimum absolute atomic E-state index is 0.248. The van der Waals surface area contributed by atoms with Crippen LogP contribution in [0, 0.1) is 5.82 Å². The molecule has 2 aliphatic rings. The van der Waals surface area contributed by atoms with Gasteiger partial charge in [-0.05, 0) is 42.3 Å². The molecule has 0 saturated carbocycles. The molecule has 5 nitrogen and oxygen atoms in total. The molecule has 8 heteroatoms. The molecule has 1 N–H and O–H groups in total. The van der Waals surface area contributed by atoms with Crippen molar-refractivity contribution in [3.05, 3.63) is 76.0 Å². The first-order valence-corrected chi connectivity index (χ1v) is 11.3. The highest BCUT2D eigenvalue weighted by Gasteiger charge is 2.26. The van der Waals surface area contributed by atoms with E-state index in [1.165, 1.54) is 12.1 Å². The Labute approximate surface area is 185 Å². The molecule has 0 amide bonds. The van der Waals surface area contributed by atoms with Crippen molar-refractivity contribution in [3.8, 4) is 0 Å². The lowest BCUT2D eigenvalue weighted by Crippen LogP contribution is -2.41. The number of morpholine rings is 1. The van der Waals surface area contributed by atoms with E-state index in [4.69, 9.17) is 21.3 Å². The number of nitrogens with one attached hydrogen (secondary N) is 1. The second-order valence-electron chi connectivity index (χ2n) is 7.29. The van der Waals surface area contributed by atoms with Crippen molar-refractivity contribution in [2.75, 3.05) is 32.8 Å². The molecule has 1 atom stereocenters. The predicted octanol–water partition coefficient (Wildman–Crippen LogP) is 4.41. The lowest BCUT2D eigenvalue weighted by molar-refractivity contribution is 0.0417. The van der Waals surface area contributed by atoms with Crippen molar-refractivity contribution in [3.63, 3.8) is 0 Å². The average Bonchev–Trinajstić information content (AvgIpc) is 2.76. The van der Waals surface area contributed by atoms with Gasteiger partial charge in [0.2, 0.25) is 0 Å². The number of nitrogens with zero attached hydrogens (tertiary/aromatic N) is 3. The number of thioether (sulfide) groups is 1. The van der Waals surface area contributed by atoms with Crippen molar-refractivity contribution in [1.29, 1.82) is 0 Å². The Balaban J connectivity index is 1.59. The number of amidine groups is 1. The Morgan fingerprint density at radius 2 is 2.10 bits per heavy atom. The van der Waals surface area contributed by atoms with Crippen molar-refractivity contribution in [2.24, 2.45) is 4.99 Å². The summed E-state index contributed by atoms with van der Waals surface area (Å²) < 4.78 is 19.1. The number of benzene rings is 1. The zero-order valence-electron chi connectivity index (χ0n) is 16.8. The summed E-state index contributed by atoms with van der Waals surface area (Å²) in [6.07, 6.45) is 1.79. The molecule has 1 unspecified atom stereocenters. The second kappa shape index (κ2) is 9.92. The second-order valence-corrected chi connectivity index (χ2v) is 8.66. The molecule has 0 radical (unpaired) electrons. The summed E-state index contributed by atoms with van der Waals surface area (Å²) in [6, 6.07) is 10.2. The molecule has 1 fully saturated rings. The number of rotatable bonds is 5. The predicted molar refractivity (Wildman–Crippen MR) is 120 cm³/mol. The van der Waals surface area contributed by atoms with Crippen LogP contribution in [0.4, 0.5) is 4.39 Å². The van der Waals surface area contributed by atoms with Gasteiger partial charge in [0.15, 0.2) is 5.17 Å². The number of halogens is 2. The third-order valence-corrected chi connectivity index (χ3v) is 6.46. The molecule has 0 spiro atoms. The maximum atomic E-state index is 13.6. The van der Waals surface area contributed by atoms with E-state index in [0.29, 0.717) is 10.8 Å². The molecule has 3 heterocycles. The van der Waals surface area contributed by atoms with Gasteiger partial charge in [0.25, 0.3) is 0 Å². The van der Waals surface area contributed by atoms with Crippen LogP contribution in [0.1, 0.15) is 24.2 Å². The van der Waals surface area contributed by atoms with Crippen LogP contribution in [-0.4, -0.2) is 47.9 Å². The van der Waals surface area contributed by atoms with Crippen LogP contribution in [0.15, 0.2) is 58.9 Å². The topological polar surface area (TPSA) is 49.8 Å². The van der Waals surface area contributed by atoms with Crippen molar-refractivity contribution >= 4 is 28.5 Å². The first-order valence-electron chi connectivity index (χ1n) is 9.92. The Bertz CT molecular complexity index is 947. The zero-order chi connectivity index (χ0) is 20.9. The highest BCUT2D eigenvalue weighted by molar-refractivity contribution is 8.13. The van der Waals surface area contributed by atoms with E-state index in [9.17, 15) is 4.39 Å². The van der Waals surface area contributed by atoms with Gasteiger partial charge in [-0.3, -0.25) is 9.88 Å². The Morgan fingerprint density at radius 1 is 1.27 bits per heavy atom. The van der Waals surface area contributed by atoms with Gasteiger partial charge in [0, 0.05) is 42.3 Å². The largest absolute Gasteiger partial charge is 0.379 e. The number of aromatic nitrogens is 1. The Morgan fingerprint density at radius 3 is 2.83 bits per heavy atom. The van der Waals surface area contributed by atoms with Crippen molar-refractivity contribution in [2.45, 2.75) is 18.7 Å². The zero-order valence-corrected chi connectivity index (χ0v) is 18.3. The summed E-state index contributed by atoms with van der Waals surface area (Å²) in [5, 5.41) is 4.73. The van der Waals surface area contributed by atoms with Crippen LogP contribution in [-0.2, 0) is 10.5 Å². The SMILES string of the molecule is CC1=C(CN2CCOCC2)NC(SCc2ccccn2)=NC1c1ccc(F)cc1Cl. The van der Waals surface area contributed by atoms with Gasteiger partial charge in [-0.25, -0.2) is 9.38 Å². The minimum atomic E-state index is -0.346. The van der Waals surface area contributed by atoms with Gasteiger partial charge in [-0.15, -0.1) is 0 Å². The highest BCUT2D eigenvalue weighted by Crippen LogP contribution is 2.36. The van der Waals surface area contributed by atoms with Crippen LogP contribution in [0.25, 0.3) is 0 Å². The molecule has 1 aromatic carbocycles. The van der Waals surface area contributed by atoms with Gasteiger partial charge in [0.05, 0.1) is 18.9 Å². The van der Waals surface area contributed by atoms with Crippen LogP contribution in [0.2, 0.25) is 5.02 Å². The van der Waals surface area contributed by atoms with E-state index in [2.05, 4.69) is 22.1 Å². The lowest BCUT2D eigenvalue weighted by Gasteiger charge is -2.32. The van der Waals surface area contributed by atoms with Gasteiger partial charge in [0.1, 0.15) is 11.9 Å². The summed E-state index contributed by atoms with van der Waals surface area (Å²) in [5.41, 5.74) is 4.01. The average molecular weight is 447 g/mol. The number of ether oxygens (including phenoxy) is 1. The summed E-state index contributed by atoms with van der Waals surface area (Å²) in [4.78, 5) is 11.7. The molecule has 2 aromatic rings. The number of pyridine rings is 1. The van der Waals surface area contributed by atoms with Gasteiger partial charge in [-0.1, -0.05) is 35.5 Å². The summed E-state index contributed by atoms with van der Waals surface area (Å²) in [7, 11) is 0. The molecule has 158 valence electrons. The third kappa shape index (κ3) is 5.21. The monoisotopic (exact) mass is 446 g/mol. The fourth-order valence-corrected chi connectivity index (χ4v) is 4.61. The molecular formula is C22H24ClFN4OS. The van der Waals surface area contributed by atoms with E-state index in [1.807, 2.05) is 18.2 Å². The number of hydrogen-bond acceptors (Lipinski definition) is 6. The van der Waals surface area contributed by atoms with Crippen LogP contribution in [0.5, 0.6) is 0 Å². The van der Waals surface area contributed by atoms with Gasteiger partial charge in [-0.2, -0.15) is 0 Å². The molecule has 2 aliphatic heterocycles. The third-order valence-electron chi connectivity index (χ3n) is 5.22. The van der Waals surface area contributed by atoms with E-state index in [-0.39, 0.29) is 11.9 Å². The summed E-state index contributed by atoms with van der Waals surface area (Å²) >= 11 is 8.00. The Kier molecular flexibility index (Phi) is 7.04. The van der Waals surface area contributed by atoms with Crippen LogP contribution < -0.4 is 5.32 Å². The van der Waals surface area contributed by atoms with Crippen LogP contribution in [0.3, 0.4) is 0 Å². The molecule has 30 heavy (non-hydrogen) atoms. The molecule has 1 saturated heterocycles. The smallest absolute Gasteiger partial charge is 0.162 e. The molecular weight excluding hydrogens is 423 g/mol. The first-order chi connectivity index (χ1) is 14.6. The molecule has 4 rings (SSSR count). The summed E-state index contributed by atoms with van der Waals surface area (Å²) in [5.74, 6) is 0.363. The van der Waals surface area contributed by atoms with Gasteiger partial charge < -0.3 is 10.1 Å². The fraction of sp³-hybridized carbons (Fsp3) is 0.364. The number of hydrogen-bond donors (Lipinski definition) is 1. The maximum Gasteiger partial charge on any atom is 0.162 e. The van der Waals surface area contributed by atoms with E-state index < -0.39 is 0 Å². The fourth-order valence-electron chi connectivity index (χ4n) is 3.51. The minimum Gasteiger partial charge on any atom is -0.379 e. The first kappa shape index (κ1) is 21.3. The van der Waals surface area contributed by atoms with E-state index >= 15 is 0 Å². The normalized spacial score (nSPS) is 20.1. The van der Waals surface area contributed by atoms with E-state index in [0.717, 1.165) is 60.5 Å². The highest BCUT2D eigenvalue weighted by atomic mass is 35.5. The van der Waals surface area contributed by atoms with Gasteiger partial charge >= 0.3 is 0 Å².